The van der Waals surface area contributed by atoms with Gasteiger partial charge < -0.3 is 0 Å². The molecule has 0 heterocycles. The van der Waals surface area contributed by atoms with Crippen molar-refractivity contribution in [3.8, 4) is 22.3 Å². The molecule has 0 saturated carbocycles. The predicted octanol–water partition coefficient (Wildman–Crippen LogP) is 9.28. The van der Waals surface area contributed by atoms with Crippen LogP contribution < -0.4 is 0 Å². The van der Waals surface area contributed by atoms with E-state index in [0.717, 1.165) is 12.1 Å². The van der Waals surface area contributed by atoms with Crippen molar-refractivity contribution in [2.75, 3.05) is 0 Å². The van der Waals surface area contributed by atoms with Gasteiger partial charge in [0.25, 0.3) is 0 Å². The zero-order chi connectivity index (χ0) is 24.8. The van der Waals surface area contributed by atoms with E-state index in [4.69, 9.17) is 0 Å². The highest BCUT2D eigenvalue weighted by atomic mass is 79.9. The first kappa shape index (κ1) is 25.1. The van der Waals surface area contributed by atoms with Crippen LogP contribution in [0.15, 0.2) is 54.6 Å². The lowest BCUT2D eigenvalue weighted by Gasteiger charge is -2.16. The van der Waals surface area contributed by atoms with Gasteiger partial charge in [0.05, 0.1) is 16.7 Å². The molecule has 0 fully saturated rings. The normalized spacial score (nSPS) is 12.8. The standard InChI is InChI=1S/C23H14BrF9/c1-12-2-14(7-18(3-12)21(25,26)27)15-4-13(11-24)5-16(6-15)17-8-19(22(28,29)30)10-20(9-17)23(31,32)33/h2-10H,11H2,1H3. The lowest BCUT2D eigenvalue weighted by molar-refractivity contribution is -0.143. The smallest absolute Gasteiger partial charge is 0.166 e. The summed E-state index contributed by atoms with van der Waals surface area (Å²) < 4.78 is 119. The number of rotatable bonds is 3. The molecule has 0 unspecified atom stereocenters. The van der Waals surface area contributed by atoms with E-state index < -0.39 is 35.2 Å². The third kappa shape index (κ3) is 5.90. The average molecular weight is 541 g/mol. The van der Waals surface area contributed by atoms with E-state index >= 15 is 0 Å². The zero-order valence-corrected chi connectivity index (χ0v) is 18.3. The minimum Gasteiger partial charge on any atom is -0.166 e. The van der Waals surface area contributed by atoms with E-state index in [1.807, 2.05) is 0 Å². The summed E-state index contributed by atoms with van der Waals surface area (Å²) >= 11 is 3.18. The number of aryl methyl sites for hydroxylation is 1. The Morgan fingerprint density at radius 2 is 0.879 bits per heavy atom. The van der Waals surface area contributed by atoms with Crippen LogP contribution in [0.2, 0.25) is 0 Å². The SMILES string of the molecule is Cc1cc(-c2cc(CBr)cc(-c3cc(C(F)(F)F)cc(C(F)(F)F)c3)c2)cc(C(F)(F)F)c1. The van der Waals surface area contributed by atoms with Crippen LogP contribution in [0.25, 0.3) is 22.3 Å². The maximum Gasteiger partial charge on any atom is 0.416 e. The predicted molar refractivity (Wildman–Crippen MR) is 110 cm³/mol. The summed E-state index contributed by atoms with van der Waals surface area (Å²) in [5.41, 5.74) is -3.11. The lowest BCUT2D eigenvalue weighted by Crippen LogP contribution is -2.11. The molecule has 33 heavy (non-hydrogen) atoms. The van der Waals surface area contributed by atoms with Gasteiger partial charge in [-0.3, -0.25) is 0 Å². The fourth-order valence-electron chi connectivity index (χ4n) is 3.34. The van der Waals surface area contributed by atoms with Gasteiger partial charge in [0, 0.05) is 5.33 Å². The highest BCUT2D eigenvalue weighted by molar-refractivity contribution is 9.08. The van der Waals surface area contributed by atoms with Gasteiger partial charge in [0.1, 0.15) is 0 Å². The number of halogens is 10. The van der Waals surface area contributed by atoms with Crippen molar-refractivity contribution in [2.24, 2.45) is 0 Å². The molecule has 0 amide bonds. The van der Waals surface area contributed by atoms with E-state index in [1.54, 1.807) is 0 Å². The second-order valence-corrected chi connectivity index (χ2v) is 7.99. The molecule has 0 spiro atoms. The number of hydrogen-bond donors (Lipinski definition) is 0. The summed E-state index contributed by atoms with van der Waals surface area (Å²) in [7, 11) is 0. The van der Waals surface area contributed by atoms with Crippen LogP contribution in [0.4, 0.5) is 39.5 Å². The highest BCUT2D eigenvalue weighted by Crippen LogP contribution is 2.40. The average Bonchev–Trinajstić information content (AvgIpc) is 2.70. The van der Waals surface area contributed by atoms with Crippen LogP contribution in [0.1, 0.15) is 27.8 Å². The molecular weight excluding hydrogens is 527 g/mol. The van der Waals surface area contributed by atoms with Gasteiger partial charge >= 0.3 is 18.5 Å². The van der Waals surface area contributed by atoms with Crippen molar-refractivity contribution in [1.82, 2.24) is 0 Å². The Kier molecular flexibility index (Phi) is 6.63. The van der Waals surface area contributed by atoms with E-state index in [-0.39, 0.29) is 33.7 Å². The molecule has 0 aliphatic carbocycles. The molecule has 3 aromatic rings. The quantitative estimate of drug-likeness (QED) is 0.229. The van der Waals surface area contributed by atoms with E-state index in [1.165, 1.54) is 31.2 Å². The van der Waals surface area contributed by atoms with Crippen LogP contribution in [-0.4, -0.2) is 0 Å². The molecular formula is C23H14BrF9. The molecule has 10 heteroatoms. The molecule has 0 bridgehead atoms. The van der Waals surface area contributed by atoms with Gasteiger partial charge in [-0.05, 0) is 76.7 Å². The fourth-order valence-corrected chi connectivity index (χ4v) is 3.66. The Hall–Kier alpha value is -2.49. The summed E-state index contributed by atoms with van der Waals surface area (Å²) in [5, 5.41) is 0.177. The van der Waals surface area contributed by atoms with Gasteiger partial charge in [-0.15, -0.1) is 0 Å². The topological polar surface area (TPSA) is 0 Å². The summed E-state index contributed by atoms with van der Waals surface area (Å²) in [6.45, 7) is 1.45. The summed E-state index contributed by atoms with van der Waals surface area (Å²) in [5.74, 6) is 0. The van der Waals surface area contributed by atoms with Gasteiger partial charge in [-0.2, -0.15) is 39.5 Å². The monoisotopic (exact) mass is 540 g/mol. The molecule has 0 aliphatic heterocycles. The fraction of sp³-hybridized carbons (Fsp3) is 0.217. The molecule has 0 radical (unpaired) electrons. The highest BCUT2D eigenvalue weighted by Gasteiger charge is 2.37. The first-order chi connectivity index (χ1) is 15.1. The largest absolute Gasteiger partial charge is 0.416 e. The third-order valence-electron chi connectivity index (χ3n) is 4.81. The van der Waals surface area contributed by atoms with Crippen LogP contribution in [0.3, 0.4) is 0 Å². The van der Waals surface area contributed by atoms with E-state index in [2.05, 4.69) is 15.9 Å². The Morgan fingerprint density at radius 1 is 0.515 bits per heavy atom. The molecule has 0 nitrogen and oxygen atoms in total. The van der Waals surface area contributed by atoms with Crippen LogP contribution in [0.5, 0.6) is 0 Å². The van der Waals surface area contributed by atoms with Crippen LogP contribution >= 0.6 is 15.9 Å². The van der Waals surface area contributed by atoms with Crippen molar-refractivity contribution >= 4 is 15.9 Å². The first-order valence-electron chi connectivity index (χ1n) is 9.27. The maximum atomic E-state index is 13.3. The number of hydrogen-bond acceptors (Lipinski definition) is 0. The Balaban J connectivity index is 2.25. The molecule has 3 rings (SSSR count). The molecule has 3 aromatic carbocycles. The Labute approximate surface area is 191 Å². The molecule has 0 atom stereocenters. The minimum absolute atomic E-state index is 0.00798. The van der Waals surface area contributed by atoms with E-state index in [0.29, 0.717) is 23.3 Å². The second-order valence-electron chi connectivity index (χ2n) is 7.43. The summed E-state index contributed by atoms with van der Waals surface area (Å²) in [4.78, 5) is 0. The second kappa shape index (κ2) is 8.70. The van der Waals surface area contributed by atoms with Gasteiger partial charge in [0.15, 0.2) is 0 Å². The number of benzene rings is 3. The number of alkyl halides is 10. The first-order valence-corrected chi connectivity index (χ1v) is 10.4. The van der Waals surface area contributed by atoms with Crippen molar-refractivity contribution in [2.45, 2.75) is 30.8 Å². The molecule has 176 valence electrons. The van der Waals surface area contributed by atoms with Gasteiger partial charge in [-0.1, -0.05) is 34.1 Å². The minimum atomic E-state index is -5.02. The molecule has 0 saturated heterocycles. The molecule has 0 aromatic heterocycles. The van der Waals surface area contributed by atoms with Gasteiger partial charge in [-0.25, -0.2) is 0 Å². The lowest BCUT2D eigenvalue weighted by atomic mass is 9.93. The Bertz CT molecular complexity index is 1140. The van der Waals surface area contributed by atoms with Gasteiger partial charge in [0.2, 0.25) is 0 Å². The maximum absolute atomic E-state index is 13.3. The van der Waals surface area contributed by atoms with Crippen LogP contribution in [0, 0.1) is 6.92 Å². The molecule has 0 aliphatic rings. The van der Waals surface area contributed by atoms with Crippen molar-refractivity contribution < 1.29 is 39.5 Å². The summed E-state index contributed by atoms with van der Waals surface area (Å²) in [6, 6.07) is 8.66. The Morgan fingerprint density at radius 3 is 1.27 bits per heavy atom. The summed E-state index contributed by atoms with van der Waals surface area (Å²) in [6.07, 6.45) is -14.7. The zero-order valence-electron chi connectivity index (χ0n) is 16.7. The van der Waals surface area contributed by atoms with Crippen molar-refractivity contribution in [3.63, 3.8) is 0 Å². The van der Waals surface area contributed by atoms with Crippen molar-refractivity contribution in [3.05, 3.63) is 82.4 Å². The third-order valence-corrected chi connectivity index (χ3v) is 5.45. The van der Waals surface area contributed by atoms with E-state index in [9.17, 15) is 39.5 Å². The van der Waals surface area contributed by atoms with Crippen molar-refractivity contribution in [1.29, 1.82) is 0 Å². The molecule has 0 N–H and O–H groups in total. The van der Waals surface area contributed by atoms with Crippen LogP contribution in [-0.2, 0) is 23.9 Å².